The molecule has 162 valence electrons. The standard InChI is InChI=1S/C27H25ClN2O2/c1-15-6-9-22(19(5)11-15)24-25(29-20-8-7-18(4)23(28)14-20)27(32)30(26(24)31)21-12-16(2)10-17(3)13-21/h6-14,29H,1-5H3. The average molecular weight is 445 g/mol. The third kappa shape index (κ3) is 3.94. The smallest absolute Gasteiger partial charge is 0.282 e. The fraction of sp³-hybridized carbons (Fsp3) is 0.185. The second-order valence-electron chi connectivity index (χ2n) is 8.45. The first-order valence-corrected chi connectivity index (χ1v) is 10.9. The summed E-state index contributed by atoms with van der Waals surface area (Å²) >= 11 is 6.30. The van der Waals surface area contributed by atoms with E-state index >= 15 is 0 Å². The number of anilines is 2. The van der Waals surface area contributed by atoms with Gasteiger partial charge in [-0.1, -0.05) is 47.5 Å². The zero-order chi connectivity index (χ0) is 23.2. The second-order valence-corrected chi connectivity index (χ2v) is 8.86. The number of amides is 2. The van der Waals surface area contributed by atoms with Crippen LogP contribution < -0.4 is 10.2 Å². The molecule has 4 rings (SSSR count). The van der Waals surface area contributed by atoms with Crippen molar-refractivity contribution >= 4 is 40.4 Å². The highest BCUT2D eigenvalue weighted by molar-refractivity contribution is 6.46. The minimum atomic E-state index is -0.383. The molecule has 0 aliphatic carbocycles. The fourth-order valence-electron chi connectivity index (χ4n) is 4.12. The van der Waals surface area contributed by atoms with Gasteiger partial charge in [-0.15, -0.1) is 0 Å². The summed E-state index contributed by atoms with van der Waals surface area (Å²) < 4.78 is 0. The van der Waals surface area contributed by atoms with Gasteiger partial charge in [-0.2, -0.15) is 0 Å². The Balaban J connectivity index is 1.88. The first kappa shape index (κ1) is 21.8. The SMILES string of the molecule is Cc1cc(C)cc(N2C(=O)C(Nc3ccc(C)c(Cl)c3)=C(c3ccc(C)cc3C)C2=O)c1. The van der Waals surface area contributed by atoms with Crippen LogP contribution in [0.15, 0.2) is 60.3 Å². The summed E-state index contributed by atoms with van der Waals surface area (Å²) in [5.41, 5.74) is 7.51. The molecule has 0 aromatic heterocycles. The van der Waals surface area contributed by atoms with Crippen molar-refractivity contribution in [1.29, 1.82) is 0 Å². The van der Waals surface area contributed by atoms with Gasteiger partial charge in [0.15, 0.2) is 0 Å². The topological polar surface area (TPSA) is 49.4 Å². The predicted octanol–water partition coefficient (Wildman–Crippen LogP) is 6.28. The largest absolute Gasteiger partial charge is 0.350 e. The minimum Gasteiger partial charge on any atom is -0.350 e. The van der Waals surface area contributed by atoms with Crippen LogP contribution >= 0.6 is 11.6 Å². The van der Waals surface area contributed by atoms with Gasteiger partial charge in [0.25, 0.3) is 11.8 Å². The zero-order valence-electron chi connectivity index (χ0n) is 18.8. The van der Waals surface area contributed by atoms with Crippen LogP contribution in [0.25, 0.3) is 5.57 Å². The van der Waals surface area contributed by atoms with E-state index in [9.17, 15) is 9.59 Å². The lowest BCUT2D eigenvalue weighted by Gasteiger charge is -2.17. The molecule has 0 bridgehead atoms. The Kier molecular flexibility index (Phi) is 5.66. The summed E-state index contributed by atoms with van der Waals surface area (Å²) in [6, 6.07) is 17.1. The second kappa shape index (κ2) is 8.29. The highest BCUT2D eigenvalue weighted by Crippen LogP contribution is 2.36. The summed E-state index contributed by atoms with van der Waals surface area (Å²) in [6.07, 6.45) is 0. The number of hydrogen-bond donors (Lipinski definition) is 1. The maximum Gasteiger partial charge on any atom is 0.282 e. The van der Waals surface area contributed by atoms with Gasteiger partial charge < -0.3 is 5.32 Å². The molecule has 3 aromatic carbocycles. The number of nitrogens with one attached hydrogen (secondary N) is 1. The van der Waals surface area contributed by atoms with Crippen molar-refractivity contribution in [2.45, 2.75) is 34.6 Å². The number of aryl methyl sites for hydroxylation is 5. The van der Waals surface area contributed by atoms with Crippen molar-refractivity contribution in [1.82, 2.24) is 0 Å². The first-order chi connectivity index (χ1) is 15.2. The third-order valence-electron chi connectivity index (χ3n) is 5.64. The lowest BCUT2D eigenvalue weighted by molar-refractivity contribution is -0.120. The maximum atomic E-state index is 13.7. The highest BCUT2D eigenvalue weighted by atomic mass is 35.5. The number of rotatable bonds is 4. The van der Waals surface area contributed by atoms with Crippen molar-refractivity contribution in [3.05, 3.63) is 98.7 Å². The van der Waals surface area contributed by atoms with Gasteiger partial charge in [0.1, 0.15) is 5.70 Å². The lowest BCUT2D eigenvalue weighted by Crippen LogP contribution is -2.32. The minimum absolute atomic E-state index is 0.251. The molecule has 1 aliphatic rings. The van der Waals surface area contributed by atoms with Gasteiger partial charge in [-0.3, -0.25) is 9.59 Å². The molecule has 1 aliphatic heterocycles. The van der Waals surface area contributed by atoms with Crippen LogP contribution in [0.5, 0.6) is 0 Å². The van der Waals surface area contributed by atoms with E-state index in [4.69, 9.17) is 11.6 Å². The molecular weight excluding hydrogens is 420 g/mol. The van der Waals surface area contributed by atoms with Gasteiger partial charge in [-0.05, 0) is 86.7 Å². The van der Waals surface area contributed by atoms with Crippen molar-refractivity contribution in [2.75, 3.05) is 10.2 Å². The molecule has 2 amide bonds. The Hall–Kier alpha value is -3.37. The van der Waals surface area contributed by atoms with Gasteiger partial charge in [0, 0.05) is 10.7 Å². The molecule has 4 nitrogen and oxygen atoms in total. The first-order valence-electron chi connectivity index (χ1n) is 10.5. The van der Waals surface area contributed by atoms with Gasteiger partial charge in [0.2, 0.25) is 0 Å². The summed E-state index contributed by atoms with van der Waals surface area (Å²) in [7, 11) is 0. The van der Waals surface area contributed by atoms with Gasteiger partial charge in [-0.25, -0.2) is 4.90 Å². The van der Waals surface area contributed by atoms with Gasteiger partial charge in [0.05, 0.1) is 11.3 Å². The third-order valence-corrected chi connectivity index (χ3v) is 6.05. The van der Waals surface area contributed by atoms with Crippen molar-refractivity contribution in [2.24, 2.45) is 0 Å². The molecule has 3 aromatic rings. The molecule has 0 fully saturated rings. The number of benzene rings is 3. The van der Waals surface area contributed by atoms with E-state index in [1.54, 1.807) is 6.07 Å². The molecule has 0 spiro atoms. The average Bonchev–Trinajstić information content (AvgIpc) is 2.94. The monoisotopic (exact) mass is 444 g/mol. The number of carbonyl (C=O) groups excluding carboxylic acids is 2. The van der Waals surface area contributed by atoms with E-state index in [0.29, 0.717) is 22.0 Å². The van der Waals surface area contributed by atoms with E-state index in [2.05, 4.69) is 5.32 Å². The predicted molar refractivity (Wildman–Crippen MR) is 131 cm³/mol. The molecule has 1 heterocycles. The van der Waals surface area contributed by atoms with E-state index in [-0.39, 0.29) is 17.5 Å². The maximum absolute atomic E-state index is 13.7. The normalized spacial score (nSPS) is 13.9. The van der Waals surface area contributed by atoms with Crippen LogP contribution in [0, 0.1) is 34.6 Å². The quantitative estimate of drug-likeness (QED) is 0.482. The molecular formula is C27H25ClN2O2. The molecule has 0 saturated carbocycles. The van der Waals surface area contributed by atoms with Gasteiger partial charge >= 0.3 is 0 Å². The van der Waals surface area contributed by atoms with E-state index in [0.717, 1.165) is 33.4 Å². The Morgan fingerprint density at radius 1 is 0.719 bits per heavy atom. The molecule has 0 radical (unpaired) electrons. The van der Waals surface area contributed by atoms with Crippen molar-refractivity contribution in [3.8, 4) is 0 Å². The number of nitrogens with zero attached hydrogens (tertiary/aromatic N) is 1. The number of carbonyl (C=O) groups is 2. The Morgan fingerprint density at radius 3 is 2.03 bits per heavy atom. The number of halogens is 1. The van der Waals surface area contributed by atoms with Crippen LogP contribution in [0.1, 0.15) is 33.4 Å². The molecule has 32 heavy (non-hydrogen) atoms. The Labute approximate surface area is 193 Å². The highest BCUT2D eigenvalue weighted by Gasteiger charge is 2.40. The molecule has 0 saturated heterocycles. The summed E-state index contributed by atoms with van der Waals surface area (Å²) in [5, 5.41) is 3.78. The van der Waals surface area contributed by atoms with Crippen LogP contribution in [-0.4, -0.2) is 11.8 Å². The van der Waals surface area contributed by atoms with Crippen LogP contribution in [0.2, 0.25) is 5.02 Å². The molecule has 1 N–H and O–H groups in total. The zero-order valence-corrected chi connectivity index (χ0v) is 19.6. The fourth-order valence-corrected chi connectivity index (χ4v) is 4.30. The van der Waals surface area contributed by atoms with E-state index in [1.807, 2.05) is 83.1 Å². The van der Waals surface area contributed by atoms with E-state index < -0.39 is 0 Å². The van der Waals surface area contributed by atoms with E-state index in [1.165, 1.54) is 4.90 Å². The summed E-state index contributed by atoms with van der Waals surface area (Å²) in [6.45, 7) is 9.77. The Bertz CT molecular complexity index is 1290. The number of imide groups is 1. The summed E-state index contributed by atoms with van der Waals surface area (Å²) in [5.74, 6) is -0.723. The van der Waals surface area contributed by atoms with Crippen LogP contribution in [0.3, 0.4) is 0 Å². The van der Waals surface area contributed by atoms with Crippen LogP contribution in [0.4, 0.5) is 11.4 Å². The van der Waals surface area contributed by atoms with Crippen molar-refractivity contribution < 1.29 is 9.59 Å². The van der Waals surface area contributed by atoms with Crippen LogP contribution in [-0.2, 0) is 9.59 Å². The lowest BCUT2D eigenvalue weighted by atomic mass is 9.97. The summed E-state index contributed by atoms with van der Waals surface area (Å²) in [4.78, 5) is 28.5. The molecule has 0 atom stereocenters. The van der Waals surface area contributed by atoms with Crippen molar-refractivity contribution in [3.63, 3.8) is 0 Å². The number of hydrogen-bond acceptors (Lipinski definition) is 3. The Morgan fingerprint density at radius 2 is 1.41 bits per heavy atom. The molecule has 0 unspecified atom stereocenters. The molecule has 5 heteroatoms.